The lowest BCUT2D eigenvalue weighted by Crippen LogP contribution is -2.41. The maximum Gasteiger partial charge on any atom is 0.246 e. The van der Waals surface area contributed by atoms with Gasteiger partial charge in [-0.3, -0.25) is 4.79 Å². The standard InChI is InChI=1S/C19H21FN4O4S/c1-12-21-18(28-22-12)19-10-23(17(25)13-6-7-13)8-14(19)9-24(11-19)29(26,27)16-5-3-2-4-15(16)20/h2-5,13-14H,6-11H2,1H3. The molecule has 0 radical (unpaired) electrons. The number of nitrogens with zero attached hydrogens (tertiary/aromatic N) is 4. The van der Waals surface area contributed by atoms with Crippen molar-refractivity contribution in [1.82, 2.24) is 19.3 Å². The lowest BCUT2D eigenvalue weighted by Gasteiger charge is -2.26. The van der Waals surface area contributed by atoms with Crippen LogP contribution < -0.4 is 0 Å². The van der Waals surface area contributed by atoms with Gasteiger partial charge in [-0.2, -0.15) is 9.29 Å². The van der Waals surface area contributed by atoms with Crippen LogP contribution in [0.4, 0.5) is 4.39 Å². The van der Waals surface area contributed by atoms with Crippen molar-refractivity contribution in [2.45, 2.75) is 30.1 Å². The maximum absolute atomic E-state index is 14.2. The minimum Gasteiger partial charge on any atom is -0.341 e. The molecular formula is C19H21FN4O4S. The van der Waals surface area contributed by atoms with Gasteiger partial charge in [-0.15, -0.1) is 0 Å². The van der Waals surface area contributed by atoms with Gasteiger partial charge in [0.15, 0.2) is 5.82 Å². The smallest absolute Gasteiger partial charge is 0.246 e. The number of carbonyl (C=O) groups is 1. The van der Waals surface area contributed by atoms with E-state index in [1.807, 2.05) is 0 Å². The van der Waals surface area contributed by atoms with Crippen molar-refractivity contribution in [3.63, 3.8) is 0 Å². The van der Waals surface area contributed by atoms with Crippen LogP contribution in [0.3, 0.4) is 0 Å². The van der Waals surface area contributed by atoms with Crippen LogP contribution in [-0.4, -0.2) is 59.8 Å². The van der Waals surface area contributed by atoms with Gasteiger partial charge in [-0.25, -0.2) is 12.8 Å². The van der Waals surface area contributed by atoms with Crippen molar-refractivity contribution in [3.05, 3.63) is 41.8 Å². The zero-order valence-electron chi connectivity index (χ0n) is 15.9. The van der Waals surface area contributed by atoms with Crippen LogP contribution in [0.5, 0.6) is 0 Å². The molecule has 0 N–H and O–H groups in total. The summed E-state index contributed by atoms with van der Waals surface area (Å²) < 4.78 is 47.2. The van der Waals surface area contributed by atoms with Crippen LogP contribution in [0.25, 0.3) is 0 Å². The highest BCUT2D eigenvalue weighted by Gasteiger charge is 2.60. The Labute approximate surface area is 167 Å². The Balaban J connectivity index is 1.50. The Morgan fingerprint density at radius 2 is 2.00 bits per heavy atom. The molecule has 3 fully saturated rings. The average Bonchev–Trinajstić information content (AvgIpc) is 3.17. The number of sulfonamides is 1. The Morgan fingerprint density at radius 3 is 2.66 bits per heavy atom. The molecule has 0 spiro atoms. The van der Waals surface area contributed by atoms with Gasteiger partial charge >= 0.3 is 0 Å². The van der Waals surface area contributed by atoms with Crippen molar-refractivity contribution in [2.75, 3.05) is 26.2 Å². The van der Waals surface area contributed by atoms with Gasteiger partial charge in [0.05, 0.1) is 5.41 Å². The monoisotopic (exact) mass is 420 g/mol. The van der Waals surface area contributed by atoms with Crippen molar-refractivity contribution in [1.29, 1.82) is 0 Å². The number of fused-ring (bicyclic) bond motifs is 1. The van der Waals surface area contributed by atoms with Crippen LogP contribution >= 0.6 is 0 Å². The van der Waals surface area contributed by atoms with Crippen LogP contribution in [-0.2, 0) is 20.2 Å². The number of carbonyl (C=O) groups excluding carboxylic acids is 1. The number of benzene rings is 1. The zero-order valence-corrected chi connectivity index (χ0v) is 16.7. The molecule has 8 nitrogen and oxygen atoms in total. The van der Waals surface area contributed by atoms with Crippen LogP contribution in [0, 0.1) is 24.6 Å². The number of hydrogen-bond donors (Lipinski definition) is 0. The number of halogens is 1. The van der Waals surface area contributed by atoms with Crippen molar-refractivity contribution < 1.29 is 22.1 Å². The lowest BCUT2D eigenvalue weighted by atomic mass is 9.81. The third-order valence-corrected chi connectivity index (χ3v) is 8.07. The largest absolute Gasteiger partial charge is 0.341 e. The van der Waals surface area contributed by atoms with Gasteiger partial charge in [0, 0.05) is 38.0 Å². The number of hydrogen-bond acceptors (Lipinski definition) is 6. The van der Waals surface area contributed by atoms with E-state index in [1.165, 1.54) is 22.5 Å². The normalized spacial score (nSPS) is 27.4. The highest BCUT2D eigenvalue weighted by Crippen LogP contribution is 2.47. The second-order valence-electron chi connectivity index (χ2n) is 8.22. The first-order valence-corrected chi connectivity index (χ1v) is 11.1. The SMILES string of the molecule is Cc1noc(C23CN(C(=O)C4CC4)CC2CN(S(=O)(=O)c2ccccc2F)C3)n1. The fourth-order valence-corrected chi connectivity index (χ4v) is 6.17. The minimum absolute atomic E-state index is 0.0738. The molecule has 2 aliphatic heterocycles. The number of aromatic nitrogens is 2. The van der Waals surface area contributed by atoms with Crippen molar-refractivity contribution >= 4 is 15.9 Å². The summed E-state index contributed by atoms with van der Waals surface area (Å²) in [6, 6.07) is 5.36. The molecule has 0 bridgehead atoms. The van der Waals surface area contributed by atoms with Crippen LogP contribution in [0.2, 0.25) is 0 Å². The third kappa shape index (κ3) is 2.88. The molecule has 3 aliphatic rings. The summed E-state index contributed by atoms with van der Waals surface area (Å²) >= 11 is 0. The topological polar surface area (TPSA) is 96.6 Å². The van der Waals surface area contributed by atoms with E-state index < -0.39 is 21.3 Å². The summed E-state index contributed by atoms with van der Waals surface area (Å²) in [7, 11) is -4.03. The van der Waals surface area contributed by atoms with E-state index >= 15 is 0 Å². The molecule has 1 aliphatic carbocycles. The highest BCUT2D eigenvalue weighted by molar-refractivity contribution is 7.89. The van der Waals surface area contributed by atoms with Crippen molar-refractivity contribution in [2.24, 2.45) is 11.8 Å². The molecule has 5 rings (SSSR count). The van der Waals surface area contributed by atoms with E-state index in [2.05, 4.69) is 10.1 Å². The highest BCUT2D eigenvalue weighted by atomic mass is 32.2. The van der Waals surface area contributed by atoms with Gasteiger partial charge < -0.3 is 9.42 Å². The fraction of sp³-hybridized carbons (Fsp3) is 0.526. The Bertz CT molecular complexity index is 1080. The number of aryl methyl sites for hydroxylation is 1. The molecule has 10 heteroatoms. The molecule has 3 heterocycles. The van der Waals surface area contributed by atoms with E-state index in [-0.39, 0.29) is 35.7 Å². The van der Waals surface area contributed by atoms with Gasteiger partial charge in [0.25, 0.3) is 0 Å². The van der Waals surface area contributed by atoms with Crippen molar-refractivity contribution in [3.8, 4) is 0 Å². The van der Waals surface area contributed by atoms with Gasteiger partial charge in [0.2, 0.25) is 21.8 Å². The fourth-order valence-electron chi connectivity index (χ4n) is 4.55. The quantitative estimate of drug-likeness (QED) is 0.740. The number of amides is 1. The molecule has 1 amide bonds. The first-order chi connectivity index (χ1) is 13.8. The summed E-state index contributed by atoms with van der Waals surface area (Å²) in [4.78, 5) is 18.5. The Kier molecular flexibility index (Phi) is 4.08. The summed E-state index contributed by atoms with van der Waals surface area (Å²) in [6.45, 7) is 2.71. The van der Waals surface area contributed by atoms with E-state index in [0.29, 0.717) is 24.8 Å². The average molecular weight is 420 g/mol. The summed E-state index contributed by atoms with van der Waals surface area (Å²) in [6.07, 6.45) is 1.81. The Hall–Kier alpha value is -2.33. The molecule has 29 heavy (non-hydrogen) atoms. The molecule has 2 atom stereocenters. The van der Waals surface area contributed by atoms with E-state index in [4.69, 9.17) is 4.52 Å². The van der Waals surface area contributed by atoms with Gasteiger partial charge in [-0.05, 0) is 31.9 Å². The van der Waals surface area contributed by atoms with E-state index in [0.717, 1.165) is 18.9 Å². The van der Waals surface area contributed by atoms with Crippen LogP contribution in [0.15, 0.2) is 33.7 Å². The van der Waals surface area contributed by atoms with Crippen LogP contribution in [0.1, 0.15) is 24.6 Å². The number of likely N-dealkylation sites (tertiary alicyclic amines) is 1. The summed E-state index contributed by atoms with van der Waals surface area (Å²) in [5, 5.41) is 3.88. The second kappa shape index (κ2) is 6.33. The number of rotatable bonds is 4. The molecule has 2 unspecified atom stereocenters. The Morgan fingerprint density at radius 1 is 1.24 bits per heavy atom. The van der Waals surface area contributed by atoms with Gasteiger partial charge in [0.1, 0.15) is 10.7 Å². The molecule has 2 aromatic rings. The van der Waals surface area contributed by atoms with Gasteiger partial charge in [-0.1, -0.05) is 17.3 Å². The predicted molar refractivity (Wildman–Crippen MR) is 98.7 cm³/mol. The van der Waals surface area contributed by atoms with E-state index in [9.17, 15) is 17.6 Å². The molecular weight excluding hydrogens is 399 g/mol. The summed E-state index contributed by atoms with van der Waals surface area (Å²) in [5.74, 6) is 0.0179. The first kappa shape index (κ1) is 18.7. The summed E-state index contributed by atoms with van der Waals surface area (Å²) in [5.41, 5.74) is -0.774. The van der Waals surface area contributed by atoms with E-state index in [1.54, 1.807) is 11.8 Å². The molecule has 154 valence electrons. The second-order valence-corrected chi connectivity index (χ2v) is 10.1. The zero-order chi connectivity index (χ0) is 20.4. The predicted octanol–water partition coefficient (Wildman–Crippen LogP) is 1.33. The molecule has 1 saturated carbocycles. The minimum atomic E-state index is -4.03. The maximum atomic E-state index is 14.2. The third-order valence-electron chi connectivity index (χ3n) is 6.22. The molecule has 2 saturated heterocycles. The first-order valence-electron chi connectivity index (χ1n) is 9.65. The lowest BCUT2D eigenvalue weighted by molar-refractivity contribution is -0.131. The molecule has 1 aromatic carbocycles. The molecule has 1 aromatic heterocycles.